The summed E-state index contributed by atoms with van der Waals surface area (Å²) in [5.74, 6) is 1.69. The van der Waals surface area contributed by atoms with Crippen LogP contribution in [-0.4, -0.2) is 26.3 Å². The second-order valence-electron chi connectivity index (χ2n) is 11.0. The number of benzene rings is 3. The van der Waals surface area contributed by atoms with Crippen molar-refractivity contribution < 1.29 is 4.79 Å². The highest BCUT2D eigenvalue weighted by molar-refractivity contribution is 6.07. The van der Waals surface area contributed by atoms with Gasteiger partial charge in [0.05, 0.1) is 29.5 Å². The smallest absolute Gasteiger partial charge is 0.258 e. The number of aryl methyl sites for hydroxylation is 2. The van der Waals surface area contributed by atoms with E-state index in [4.69, 9.17) is 21.9 Å². The number of nitrogens with two attached hydrogens (primary N) is 2. The van der Waals surface area contributed by atoms with Gasteiger partial charge in [-0.3, -0.25) is 15.2 Å². The molecule has 0 bridgehead atoms. The molecule has 3 aromatic carbocycles. The molecule has 2 aromatic heterocycles. The molecule has 0 saturated heterocycles. The maximum atomic E-state index is 14.0. The number of hydrogen-bond donors (Lipinski definition) is 3. The third-order valence-corrected chi connectivity index (χ3v) is 7.92. The van der Waals surface area contributed by atoms with Crippen molar-refractivity contribution in [3.8, 4) is 0 Å². The van der Waals surface area contributed by atoms with Crippen LogP contribution in [0.3, 0.4) is 0 Å². The lowest BCUT2D eigenvalue weighted by Gasteiger charge is -2.23. The Morgan fingerprint density at radius 1 is 0.929 bits per heavy atom. The molecule has 0 atom stereocenters. The lowest BCUT2D eigenvalue weighted by Crippen LogP contribution is -2.30. The van der Waals surface area contributed by atoms with E-state index in [9.17, 15) is 4.79 Å². The van der Waals surface area contributed by atoms with E-state index in [2.05, 4.69) is 9.55 Å². The number of pyridine rings is 1. The molecule has 1 amide bonds. The summed E-state index contributed by atoms with van der Waals surface area (Å²) in [6, 6.07) is 25.5. The number of anilines is 1. The molecule has 1 saturated carbocycles. The van der Waals surface area contributed by atoms with Gasteiger partial charge in [0.1, 0.15) is 11.7 Å². The summed E-state index contributed by atoms with van der Waals surface area (Å²) in [4.78, 5) is 25.1. The molecule has 1 fully saturated rings. The number of aromatic nitrogens is 3. The number of nitrogen functional groups attached to an aromatic ring is 1. The monoisotopic (exact) mass is 557 g/mol. The van der Waals surface area contributed by atoms with Crippen LogP contribution in [-0.2, 0) is 32.5 Å². The van der Waals surface area contributed by atoms with E-state index in [1.165, 1.54) is 18.4 Å². The van der Waals surface area contributed by atoms with Gasteiger partial charge in [-0.25, -0.2) is 4.98 Å². The Morgan fingerprint density at radius 2 is 1.64 bits per heavy atom. The third-order valence-electron chi connectivity index (χ3n) is 7.92. The Labute approximate surface area is 245 Å². The molecule has 8 heteroatoms. The molecule has 42 heavy (non-hydrogen) atoms. The van der Waals surface area contributed by atoms with Gasteiger partial charge >= 0.3 is 0 Å². The van der Waals surface area contributed by atoms with Gasteiger partial charge in [0.2, 0.25) is 0 Å². The topological polar surface area (TPSA) is 127 Å². The first-order valence-corrected chi connectivity index (χ1v) is 14.4. The van der Waals surface area contributed by atoms with Gasteiger partial charge in [0.15, 0.2) is 0 Å². The second kappa shape index (κ2) is 12.0. The standard InChI is InChI=1S/C34H35N7O/c35-19-24-3-5-25(6-4-24)21-40(29-2-1-17-38-20-29)34(42)28-14-15-31-30(18-28)39-32(41(31)22-26-7-8-26)16-11-23-9-12-27(13-10-23)33(36)37/h1-6,9-10,12-15,17-18,20,26H,7-8,11,16,19,21-22,35H2,(H3,36,37). The van der Waals surface area contributed by atoms with Crippen molar-refractivity contribution in [3.05, 3.63) is 125 Å². The number of rotatable bonds is 11. The highest BCUT2D eigenvalue weighted by Gasteiger charge is 2.25. The molecule has 0 unspecified atom stereocenters. The van der Waals surface area contributed by atoms with Gasteiger partial charge in [-0.2, -0.15) is 0 Å². The fraction of sp³-hybridized carbons (Fsp3) is 0.235. The van der Waals surface area contributed by atoms with Crippen LogP contribution in [0.5, 0.6) is 0 Å². The quantitative estimate of drug-likeness (QED) is 0.152. The van der Waals surface area contributed by atoms with E-state index in [-0.39, 0.29) is 11.7 Å². The number of carbonyl (C=O) groups is 1. The fourth-order valence-corrected chi connectivity index (χ4v) is 5.29. The van der Waals surface area contributed by atoms with E-state index in [0.29, 0.717) is 24.6 Å². The maximum absolute atomic E-state index is 14.0. The van der Waals surface area contributed by atoms with Crippen LogP contribution in [0.1, 0.15) is 51.3 Å². The van der Waals surface area contributed by atoms with Crippen molar-refractivity contribution >= 4 is 28.5 Å². The van der Waals surface area contributed by atoms with Gasteiger partial charge in [0.25, 0.3) is 5.91 Å². The number of imidazole rings is 1. The van der Waals surface area contributed by atoms with Crippen molar-refractivity contribution in [3.63, 3.8) is 0 Å². The van der Waals surface area contributed by atoms with Crippen LogP contribution in [0.4, 0.5) is 5.69 Å². The number of amidine groups is 1. The summed E-state index contributed by atoms with van der Waals surface area (Å²) in [6.07, 6.45) is 7.53. The summed E-state index contributed by atoms with van der Waals surface area (Å²) in [6.45, 7) is 1.84. The lowest BCUT2D eigenvalue weighted by molar-refractivity contribution is 0.0985. The molecule has 5 N–H and O–H groups in total. The Morgan fingerprint density at radius 3 is 2.31 bits per heavy atom. The van der Waals surface area contributed by atoms with Gasteiger partial charge in [0, 0.05) is 36.8 Å². The molecule has 0 radical (unpaired) electrons. The van der Waals surface area contributed by atoms with Gasteiger partial charge in [-0.05, 0) is 72.2 Å². The second-order valence-corrected chi connectivity index (χ2v) is 11.0. The van der Waals surface area contributed by atoms with E-state index in [1.54, 1.807) is 17.3 Å². The molecular weight excluding hydrogens is 522 g/mol. The highest BCUT2D eigenvalue weighted by atomic mass is 16.2. The van der Waals surface area contributed by atoms with E-state index < -0.39 is 0 Å². The number of carbonyl (C=O) groups excluding carboxylic acids is 1. The number of amides is 1. The summed E-state index contributed by atoms with van der Waals surface area (Å²) in [7, 11) is 0. The molecule has 0 spiro atoms. The zero-order valence-electron chi connectivity index (χ0n) is 23.5. The van der Waals surface area contributed by atoms with E-state index >= 15 is 0 Å². The minimum absolute atomic E-state index is 0.0738. The molecule has 1 aliphatic rings. The molecular formula is C34H35N7O. The molecule has 6 rings (SSSR count). The van der Waals surface area contributed by atoms with Gasteiger partial charge < -0.3 is 20.9 Å². The van der Waals surface area contributed by atoms with Crippen LogP contribution < -0.4 is 16.4 Å². The number of nitrogens with zero attached hydrogens (tertiary/aromatic N) is 4. The summed E-state index contributed by atoms with van der Waals surface area (Å²) in [5.41, 5.74) is 18.6. The van der Waals surface area contributed by atoms with Crippen molar-refractivity contribution in [2.75, 3.05) is 4.90 Å². The number of nitrogens with one attached hydrogen (secondary N) is 1. The minimum atomic E-state index is -0.100. The molecule has 1 aliphatic carbocycles. The average Bonchev–Trinajstić information content (AvgIpc) is 3.79. The van der Waals surface area contributed by atoms with Gasteiger partial charge in [-0.1, -0.05) is 48.5 Å². The first kappa shape index (κ1) is 27.4. The molecule has 0 aliphatic heterocycles. The molecule has 8 nitrogen and oxygen atoms in total. The molecule has 5 aromatic rings. The van der Waals surface area contributed by atoms with Crippen LogP contribution in [0, 0.1) is 11.3 Å². The SMILES string of the molecule is N=C(N)c1ccc(CCc2nc3cc(C(=O)N(Cc4ccc(CN)cc4)c4cccnc4)ccc3n2CC2CC2)cc1. The lowest BCUT2D eigenvalue weighted by atomic mass is 10.1. The molecule has 2 heterocycles. The predicted octanol–water partition coefficient (Wildman–Crippen LogP) is 5.22. The Bertz CT molecular complexity index is 1710. The van der Waals surface area contributed by atoms with E-state index in [1.807, 2.05) is 78.9 Å². The number of hydrogen-bond acceptors (Lipinski definition) is 5. The Hall–Kier alpha value is -4.82. The van der Waals surface area contributed by atoms with Crippen molar-refractivity contribution in [1.29, 1.82) is 5.41 Å². The predicted molar refractivity (Wildman–Crippen MR) is 166 cm³/mol. The van der Waals surface area contributed by atoms with Crippen molar-refractivity contribution in [2.45, 2.75) is 45.3 Å². The van der Waals surface area contributed by atoms with Crippen LogP contribution in [0.15, 0.2) is 91.3 Å². The summed E-state index contributed by atoms with van der Waals surface area (Å²) in [5, 5.41) is 7.63. The Kier molecular flexibility index (Phi) is 7.79. The average molecular weight is 558 g/mol. The highest BCUT2D eigenvalue weighted by Crippen LogP contribution is 2.33. The fourth-order valence-electron chi connectivity index (χ4n) is 5.29. The number of fused-ring (bicyclic) bond motifs is 1. The first-order chi connectivity index (χ1) is 20.5. The summed E-state index contributed by atoms with van der Waals surface area (Å²) < 4.78 is 2.34. The zero-order chi connectivity index (χ0) is 29.1. The van der Waals surface area contributed by atoms with Crippen LogP contribution in [0.2, 0.25) is 0 Å². The maximum Gasteiger partial charge on any atom is 0.258 e. The van der Waals surface area contributed by atoms with E-state index in [0.717, 1.165) is 58.6 Å². The Balaban J connectivity index is 1.29. The normalized spacial score (nSPS) is 12.9. The third kappa shape index (κ3) is 6.09. The minimum Gasteiger partial charge on any atom is -0.384 e. The molecule has 212 valence electrons. The summed E-state index contributed by atoms with van der Waals surface area (Å²) >= 11 is 0. The van der Waals surface area contributed by atoms with Crippen molar-refractivity contribution in [1.82, 2.24) is 14.5 Å². The zero-order valence-corrected chi connectivity index (χ0v) is 23.5. The van der Waals surface area contributed by atoms with Crippen LogP contribution >= 0.6 is 0 Å². The largest absolute Gasteiger partial charge is 0.384 e. The van der Waals surface area contributed by atoms with Crippen LogP contribution in [0.25, 0.3) is 11.0 Å². The van der Waals surface area contributed by atoms with Gasteiger partial charge in [-0.15, -0.1) is 0 Å². The van der Waals surface area contributed by atoms with Crippen molar-refractivity contribution in [2.24, 2.45) is 17.4 Å². The first-order valence-electron chi connectivity index (χ1n) is 14.4.